The van der Waals surface area contributed by atoms with E-state index in [9.17, 15) is 0 Å². The highest BCUT2D eigenvalue weighted by molar-refractivity contribution is 5.51. The molecule has 0 bridgehead atoms. The number of pyridine rings is 1. The maximum Gasteiger partial charge on any atom is 0.143 e. The van der Waals surface area contributed by atoms with Crippen molar-refractivity contribution in [3.8, 4) is 6.07 Å². The lowest BCUT2D eigenvalue weighted by Gasteiger charge is -2.10. The number of hydrogen-bond acceptors (Lipinski definition) is 4. The first-order valence-electron chi connectivity index (χ1n) is 5.20. The van der Waals surface area contributed by atoms with Gasteiger partial charge in [-0.3, -0.25) is 0 Å². The molecule has 4 heteroatoms. The van der Waals surface area contributed by atoms with Crippen LogP contribution in [0.25, 0.3) is 0 Å². The van der Waals surface area contributed by atoms with Gasteiger partial charge in [0.2, 0.25) is 0 Å². The van der Waals surface area contributed by atoms with Crippen LogP contribution in [-0.2, 0) is 0 Å². The molecule has 4 nitrogen and oxygen atoms in total. The Morgan fingerprint density at radius 1 is 1.67 bits per heavy atom. The molecule has 0 saturated carbocycles. The molecule has 1 fully saturated rings. The second kappa shape index (κ2) is 4.76. The number of nitrogens with one attached hydrogen (secondary N) is 2. The molecule has 1 aromatic rings. The molecule has 2 heterocycles. The summed E-state index contributed by atoms with van der Waals surface area (Å²) in [6.45, 7) is 3.04. The van der Waals surface area contributed by atoms with E-state index in [1.807, 2.05) is 0 Å². The number of nitrogens with zero attached hydrogens (tertiary/aromatic N) is 2. The normalized spacial score (nSPS) is 19.8. The third-order valence-electron chi connectivity index (χ3n) is 2.65. The molecule has 0 aromatic carbocycles. The Hall–Kier alpha value is -1.60. The lowest BCUT2D eigenvalue weighted by molar-refractivity contribution is 0.614. The van der Waals surface area contributed by atoms with Gasteiger partial charge < -0.3 is 10.6 Å². The first kappa shape index (κ1) is 9.94. The third-order valence-corrected chi connectivity index (χ3v) is 2.65. The van der Waals surface area contributed by atoms with Crippen LogP contribution in [-0.4, -0.2) is 24.6 Å². The van der Waals surface area contributed by atoms with Crippen LogP contribution in [0.3, 0.4) is 0 Å². The summed E-state index contributed by atoms with van der Waals surface area (Å²) in [5, 5.41) is 15.4. The summed E-state index contributed by atoms with van der Waals surface area (Å²) >= 11 is 0. The molecule has 0 radical (unpaired) electrons. The van der Waals surface area contributed by atoms with Crippen LogP contribution in [0, 0.1) is 17.2 Å². The molecular formula is C11H14N4. The summed E-state index contributed by atoms with van der Waals surface area (Å²) in [4.78, 5) is 4.16. The minimum absolute atomic E-state index is 0.614. The quantitative estimate of drug-likeness (QED) is 0.767. The summed E-state index contributed by atoms with van der Waals surface area (Å²) in [6.07, 6.45) is 2.90. The van der Waals surface area contributed by atoms with Crippen LogP contribution >= 0.6 is 0 Å². The van der Waals surface area contributed by atoms with Crippen LogP contribution in [0.1, 0.15) is 12.0 Å². The molecule has 2 N–H and O–H groups in total. The average molecular weight is 202 g/mol. The van der Waals surface area contributed by atoms with E-state index in [2.05, 4.69) is 21.7 Å². The molecule has 15 heavy (non-hydrogen) atoms. The molecule has 0 amide bonds. The zero-order valence-corrected chi connectivity index (χ0v) is 8.53. The van der Waals surface area contributed by atoms with Gasteiger partial charge in [0.15, 0.2) is 0 Å². The second-order valence-electron chi connectivity index (χ2n) is 3.75. The van der Waals surface area contributed by atoms with E-state index in [1.54, 1.807) is 18.3 Å². The summed E-state index contributed by atoms with van der Waals surface area (Å²) in [6, 6.07) is 5.69. The van der Waals surface area contributed by atoms with Crippen molar-refractivity contribution in [3.05, 3.63) is 23.9 Å². The Balaban J connectivity index is 1.95. The Morgan fingerprint density at radius 3 is 3.33 bits per heavy atom. The Morgan fingerprint density at radius 2 is 2.60 bits per heavy atom. The predicted molar refractivity (Wildman–Crippen MR) is 58.4 cm³/mol. The third kappa shape index (κ3) is 2.45. The topological polar surface area (TPSA) is 60.7 Å². The monoisotopic (exact) mass is 202 g/mol. The number of nitriles is 1. The fourth-order valence-corrected chi connectivity index (χ4v) is 1.77. The van der Waals surface area contributed by atoms with E-state index < -0.39 is 0 Å². The molecule has 0 spiro atoms. The Labute approximate surface area is 89.3 Å². The molecule has 0 unspecified atom stereocenters. The Bertz CT molecular complexity index is 363. The first-order chi connectivity index (χ1) is 7.40. The number of hydrogen-bond donors (Lipinski definition) is 2. The molecule has 0 aliphatic carbocycles. The van der Waals surface area contributed by atoms with Crippen LogP contribution in [0.15, 0.2) is 18.3 Å². The van der Waals surface area contributed by atoms with Gasteiger partial charge in [0, 0.05) is 12.7 Å². The maximum atomic E-state index is 8.87. The second-order valence-corrected chi connectivity index (χ2v) is 3.75. The molecule has 1 atom stereocenters. The fraction of sp³-hybridized carbons (Fsp3) is 0.455. The highest BCUT2D eigenvalue weighted by Gasteiger charge is 2.14. The summed E-state index contributed by atoms with van der Waals surface area (Å²) in [7, 11) is 0. The van der Waals surface area contributed by atoms with Crippen molar-refractivity contribution >= 4 is 5.82 Å². The van der Waals surface area contributed by atoms with Gasteiger partial charge >= 0.3 is 0 Å². The molecule has 1 aromatic heterocycles. The highest BCUT2D eigenvalue weighted by atomic mass is 15.0. The van der Waals surface area contributed by atoms with Crippen molar-refractivity contribution < 1.29 is 0 Å². The smallest absolute Gasteiger partial charge is 0.143 e. The van der Waals surface area contributed by atoms with Gasteiger partial charge in [0.05, 0.1) is 5.56 Å². The molecule has 1 saturated heterocycles. The van der Waals surface area contributed by atoms with Gasteiger partial charge in [-0.2, -0.15) is 5.26 Å². The predicted octanol–water partition coefficient (Wildman–Crippen LogP) is 0.975. The van der Waals surface area contributed by atoms with E-state index in [4.69, 9.17) is 5.26 Å². The summed E-state index contributed by atoms with van der Waals surface area (Å²) < 4.78 is 0. The lowest BCUT2D eigenvalue weighted by atomic mass is 10.1. The maximum absolute atomic E-state index is 8.87. The zero-order chi connectivity index (χ0) is 10.5. The van der Waals surface area contributed by atoms with Gasteiger partial charge in [0.1, 0.15) is 11.9 Å². The Kier molecular flexibility index (Phi) is 3.15. The fourth-order valence-electron chi connectivity index (χ4n) is 1.77. The molecular weight excluding hydrogens is 188 g/mol. The van der Waals surface area contributed by atoms with E-state index >= 15 is 0 Å². The van der Waals surface area contributed by atoms with E-state index in [0.717, 1.165) is 19.6 Å². The molecule has 1 aliphatic heterocycles. The lowest BCUT2D eigenvalue weighted by Crippen LogP contribution is -2.18. The number of aromatic nitrogens is 1. The van der Waals surface area contributed by atoms with Gasteiger partial charge in [-0.15, -0.1) is 0 Å². The van der Waals surface area contributed by atoms with E-state index in [-0.39, 0.29) is 0 Å². The van der Waals surface area contributed by atoms with Gasteiger partial charge in [0.25, 0.3) is 0 Å². The largest absolute Gasteiger partial charge is 0.369 e. The van der Waals surface area contributed by atoms with Gasteiger partial charge in [-0.1, -0.05) is 0 Å². The summed E-state index contributed by atoms with van der Waals surface area (Å²) in [5.74, 6) is 1.35. The van der Waals surface area contributed by atoms with Crippen LogP contribution in [0.4, 0.5) is 5.82 Å². The summed E-state index contributed by atoms with van der Waals surface area (Å²) in [5.41, 5.74) is 0.614. The van der Waals surface area contributed by atoms with E-state index in [0.29, 0.717) is 17.3 Å². The van der Waals surface area contributed by atoms with Crippen molar-refractivity contribution in [2.24, 2.45) is 5.92 Å². The first-order valence-corrected chi connectivity index (χ1v) is 5.20. The van der Waals surface area contributed by atoms with Crippen molar-refractivity contribution in [3.63, 3.8) is 0 Å². The highest BCUT2D eigenvalue weighted by Crippen LogP contribution is 2.12. The van der Waals surface area contributed by atoms with Crippen LogP contribution < -0.4 is 10.6 Å². The van der Waals surface area contributed by atoms with E-state index in [1.165, 1.54) is 6.42 Å². The number of anilines is 1. The SMILES string of the molecule is N#Cc1cccnc1NC[C@@H]1CCNC1. The standard InChI is InChI=1S/C11H14N4/c12-6-10-2-1-4-14-11(10)15-8-9-3-5-13-7-9/h1-2,4,9,13H,3,5,7-8H2,(H,14,15)/t9-/m1/s1. The average Bonchev–Trinajstić information content (AvgIpc) is 2.79. The van der Waals surface area contributed by atoms with Crippen molar-refractivity contribution in [1.29, 1.82) is 5.26 Å². The van der Waals surface area contributed by atoms with Crippen molar-refractivity contribution in [2.45, 2.75) is 6.42 Å². The van der Waals surface area contributed by atoms with Crippen LogP contribution in [0.2, 0.25) is 0 Å². The number of rotatable bonds is 3. The molecule has 78 valence electrons. The van der Waals surface area contributed by atoms with Gasteiger partial charge in [-0.25, -0.2) is 4.98 Å². The zero-order valence-electron chi connectivity index (χ0n) is 8.53. The minimum atomic E-state index is 0.614. The van der Waals surface area contributed by atoms with Crippen molar-refractivity contribution in [2.75, 3.05) is 25.0 Å². The van der Waals surface area contributed by atoms with Gasteiger partial charge in [-0.05, 0) is 37.6 Å². The van der Waals surface area contributed by atoms with Crippen LogP contribution in [0.5, 0.6) is 0 Å². The van der Waals surface area contributed by atoms with Crippen molar-refractivity contribution in [1.82, 2.24) is 10.3 Å². The molecule has 2 rings (SSSR count). The molecule has 1 aliphatic rings. The minimum Gasteiger partial charge on any atom is -0.369 e.